The molecule has 2 rings (SSSR count). The van der Waals surface area contributed by atoms with Crippen molar-refractivity contribution in [1.29, 1.82) is 0 Å². The van der Waals surface area contributed by atoms with Crippen molar-refractivity contribution in [2.45, 2.75) is 71.3 Å². The zero-order chi connectivity index (χ0) is 23.0. The van der Waals surface area contributed by atoms with Gasteiger partial charge in [0.25, 0.3) is 0 Å². The number of hydrogen-bond donors (Lipinski definition) is 2. The molecule has 3 N–H and O–H groups in total. The summed E-state index contributed by atoms with van der Waals surface area (Å²) < 4.78 is 0. The summed E-state index contributed by atoms with van der Waals surface area (Å²) in [7, 11) is 3.97. The highest BCUT2D eigenvalue weighted by Gasteiger charge is 2.26. The number of carbonyl (C=O) groups is 2. The molecule has 0 aromatic carbocycles. The Balaban J connectivity index is 2.30. The van der Waals surface area contributed by atoms with Gasteiger partial charge in [-0.15, -0.1) is 0 Å². The van der Waals surface area contributed by atoms with Gasteiger partial charge in [-0.05, 0) is 59.8 Å². The maximum Gasteiger partial charge on any atom is 0.222 e. The highest BCUT2D eigenvalue weighted by Crippen LogP contribution is 2.29. The van der Waals surface area contributed by atoms with Gasteiger partial charge in [0, 0.05) is 30.1 Å². The summed E-state index contributed by atoms with van der Waals surface area (Å²) in [6.45, 7) is 6.70. The number of hydrogen-bond acceptors (Lipinski definition) is 8. The Bertz CT molecular complexity index is 914. The van der Waals surface area contributed by atoms with Crippen LogP contribution in [-0.2, 0) is 4.79 Å². The van der Waals surface area contributed by atoms with E-state index in [0.717, 1.165) is 32.2 Å². The molecule has 2 aromatic rings. The molecule has 2 aromatic heterocycles. The lowest BCUT2D eigenvalue weighted by Crippen LogP contribution is -2.36. The number of nitrogens with one attached hydrogen (secondary N) is 1. The van der Waals surface area contributed by atoms with E-state index < -0.39 is 0 Å². The Labute approximate surface area is 185 Å². The number of nitrogens with zero attached hydrogens (tertiary/aromatic N) is 4. The van der Waals surface area contributed by atoms with Gasteiger partial charge >= 0.3 is 0 Å². The minimum atomic E-state index is -0.322. The molecule has 0 saturated heterocycles. The number of ketones is 2. The van der Waals surface area contributed by atoms with Crippen molar-refractivity contribution in [1.82, 2.24) is 19.9 Å². The molecule has 0 saturated carbocycles. The van der Waals surface area contributed by atoms with Crippen LogP contribution >= 0.6 is 0 Å². The molecule has 0 radical (unpaired) electrons. The second-order valence-corrected chi connectivity index (χ2v) is 8.84. The van der Waals surface area contributed by atoms with E-state index in [0.29, 0.717) is 41.7 Å². The molecule has 0 aliphatic rings. The third kappa shape index (κ3) is 7.54. The molecule has 8 heteroatoms. The maximum absolute atomic E-state index is 12.6. The van der Waals surface area contributed by atoms with Crippen LogP contribution in [0.2, 0.25) is 0 Å². The van der Waals surface area contributed by atoms with Gasteiger partial charge in [-0.3, -0.25) is 4.79 Å². The van der Waals surface area contributed by atoms with Gasteiger partial charge in [-0.25, -0.2) is 9.97 Å². The lowest BCUT2D eigenvalue weighted by molar-refractivity contribution is -0.117. The SMILES string of the molecule is CCCC[C@](C)(CCC(C)=O)Nc1nc(N)nc2cc(C(=O)CCCN(C)C)cnc12. The molecular formula is C23H36N6O2. The van der Waals surface area contributed by atoms with Gasteiger partial charge < -0.3 is 20.7 Å². The number of aromatic nitrogens is 3. The summed E-state index contributed by atoms with van der Waals surface area (Å²) in [5, 5.41) is 3.49. The first kappa shape index (κ1) is 24.7. The van der Waals surface area contributed by atoms with Gasteiger partial charge in [-0.1, -0.05) is 19.8 Å². The molecule has 0 fully saturated rings. The van der Waals surface area contributed by atoms with E-state index in [-0.39, 0.29) is 23.1 Å². The highest BCUT2D eigenvalue weighted by molar-refractivity contribution is 5.99. The van der Waals surface area contributed by atoms with E-state index in [2.05, 4.69) is 39.0 Å². The van der Waals surface area contributed by atoms with Crippen LogP contribution in [0, 0.1) is 0 Å². The van der Waals surface area contributed by atoms with E-state index in [1.54, 1.807) is 19.2 Å². The van der Waals surface area contributed by atoms with Crippen molar-refractivity contribution < 1.29 is 9.59 Å². The van der Waals surface area contributed by atoms with Crippen LogP contribution in [-0.4, -0.2) is 57.6 Å². The number of unbranched alkanes of at least 4 members (excludes halogenated alkanes) is 1. The summed E-state index contributed by atoms with van der Waals surface area (Å²) in [5.41, 5.74) is 7.29. The van der Waals surface area contributed by atoms with E-state index >= 15 is 0 Å². The molecule has 1 atom stereocenters. The monoisotopic (exact) mass is 428 g/mol. The van der Waals surface area contributed by atoms with Crippen molar-refractivity contribution in [2.24, 2.45) is 0 Å². The quantitative estimate of drug-likeness (QED) is 0.462. The predicted molar refractivity (Wildman–Crippen MR) is 125 cm³/mol. The van der Waals surface area contributed by atoms with Crippen molar-refractivity contribution in [2.75, 3.05) is 31.7 Å². The van der Waals surface area contributed by atoms with Gasteiger partial charge in [0.2, 0.25) is 5.95 Å². The lowest BCUT2D eigenvalue weighted by atomic mass is 9.89. The fraction of sp³-hybridized carbons (Fsp3) is 0.609. The maximum atomic E-state index is 12.6. The molecule has 170 valence electrons. The second kappa shape index (κ2) is 11.1. The molecule has 2 heterocycles. The van der Waals surface area contributed by atoms with Crippen molar-refractivity contribution in [3.05, 3.63) is 17.8 Å². The molecule has 0 bridgehead atoms. The van der Waals surface area contributed by atoms with Crippen LogP contribution in [0.15, 0.2) is 12.3 Å². The van der Waals surface area contributed by atoms with Crippen molar-refractivity contribution >= 4 is 34.4 Å². The molecule has 31 heavy (non-hydrogen) atoms. The summed E-state index contributed by atoms with van der Waals surface area (Å²) >= 11 is 0. The van der Waals surface area contributed by atoms with Crippen LogP contribution in [0.3, 0.4) is 0 Å². The average Bonchev–Trinajstić information content (AvgIpc) is 2.70. The number of rotatable bonds is 13. The van der Waals surface area contributed by atoms with Crippen molar-refractivity contribution in [3.63, 3.8) is 0 Å². The van der Waals surface area contributed by atoms with Crippen LogP contribution in [0.1, 0.15) is 76.1 Å². The number of nitrogen functional groups attached to an aromatic ring is 1. The number of anilines is 2. The fourth-order valence-corrected chi connectivity index (χ4v) is 3.53. The second-order valence-electron chi connectivity index (χ2n) is 8.84. The first-order valence-corrected chi connectivity index (χ1v) is 11.0. The summed E-state index contributed by atoms with van der Waals surface area (Å²) in [6, 6.07) is 1.74. The van der Waals surface area contributed by atoms with Gasteiger partial charge in [0.05, 0.1) is 5.52 Å². The Morgan fingerprint density at radius 2 is 1.90 bits per heavy atom. The van der Waals surface area contributed by atoms with Gasteiger partial charge in [0.15, 0.2) is 11.6 Å². The zero-order valence-corrected chi connectivity index (χ0v) is 19.5. The summed E-state index contributed by atoms with van der Waals surface area (Å²) in [5.74, 6) is 0.860. The summed E-state index contributed by atoms with van der Waals surface area (Å²) in [4.78, 5) is 39.4. The van der Waals surface area contributed by atoms with E-state index in [4.69, 9.17) is 5.73 Å². The standard InChI is InChI=1S/C23H36N6O2/c1-6-7-11-23(3,12-10-16(2)30)28-21-20-18(26-22(24)27-21)14-17(15-25-20)19(31)9-8-13-29(4)5/h14-15H,6-13H2,1-5H3,(H3,24,26,27,28)/t23-/m1/s1. The highest BCUT2D eigenvalue weighted by atomic mass is 16.1. The summed E-state index contributed by atoms with van der Waals surface area (Å²) in [6.07, 6.45) is 6.99. The number of fused-ring (bicyclic) bond motifs is 1. The average molecular weight is 429 g/mol. The smallest absolute Gasteiger partial charge is 0.222 e. The Hall–Kier alpha value is -2.61. The fourth-order valence-electron chi connectivity index (χ4n) is 3.53. The third-order valence-electron chi connectivity index (χ3n) is 5.42. The van der Waals surface area contributed by atoms with E-state index in [1.807, 2.05) is 14.1 Å². The normalized spacial score (nSPS) is 13.4. The first-order chi connectivity index (χ1) is 14.6. The van der Waals surface area contributed by atoms with E-state index in [9.17, 15) is 9.59 Å². The van der Waals surface area contributed by atoms with Crippen LogP contribution in [0.5, 0.6) is 0 Å². The lowest BCUT2D eigenvalue weighted by Gasteiger charge is -2.31. The third-order valence-corrected chi connectivity index (χ3v) is 5.42. The Kier molecular flexibility index (Phi) is 8.86. The van der Waals surface area contributed by atoms with Crippen LogP contribution in [0.25, 0.3) is 11.0 Å². The Morgan fingerprint density at radius 3 is 2.55 bits per heavy atom. The molecule has 0 spiro atoms. The number of carbonyl (C=O) groups excluding carboxylic acids is 2. The largest absolute Gasteiger partial charge is 0.368 e. The topological polar surface area (TPSA) is 114 Å². The number of Topliss-reactive ketones (excluding diaryl/α,β-unsaturated/α-hetero) is 2. The molecule has 0 aliphatic carbocycles. The van der Waals surface area contributed by atoms with E-state index in [1.165, 1.54) is 0 Å². The zero-order valence-electron chi connectivity index (χ0n) is 19.5. The number of nitrogens with two attached hydrogens (primary N) is 1. The number of pyridine rings is 1. The molecule has 0 amide bonds. The first-order valence-electron chi connectivity index (χ1n) is 11.0. The minimum absolute atomic E-state index is 0.0391. The predicted octanol–water partition coefficient (Wildman–Crippen LogP) is 3.86. The molecule has 0 aliphatic heterocycles. The Morgan fingerprint density at radius 1 is 1.16 bits per heavy atom. The molecular weight excluding hydrogens is 392 g/mol. The molecule has 8 nitrogen and oxygen atoms in total. The van der Waals surface area contributed by atoms with Crippen LogP contribution in [0.4, 0.5) is 11.8 Å². The van der Waals surface area contributed by atoms with Crippen LogP contribution < -0.4 is 11.1 Å². The minimum Gasteiger partial charge on any atom is -0.368 e. The van der Waals surface area contributed by atoms with Gasteiger partial charge in [0.1, 0.15) is 11.3 Å². The van der Waals surface area contributed by atoms with Crippen molar-refractivity contribution in [3.8, 4) is 0 Å². The van der Waals surface area contributed by atoms with Gasteiger partial charge in [-0.2, -0.15) is 4.98 Å². The molecule has 0 unspecified atom stereocenters.